The molecule has 0 spiro atoms. The van der Waals surface area contributed by atoms with E-state index in [9.17, 15) is 0 Å². The van der Waals surface area contributed by atoms with Gasteiger partial charge in [-0.1, -0.05) is 111 Å². The number of allylic oxidation sites excluding steroid dienone is 1. The van der Waals surface area contributed by atoms with E-state index in [1.54, 1.807) is 0 Å². The van der Waals surface area contributed by atoms with E-state index < -0.39 is 0 Å². The molecule has 1 aromatic heterocycles. The van der Waals surface area contributed by atoms with Gasteiger partial charge in [0.1, 0.15) is 0 Å². The molecule has 0 saturated carbocycles. The molecular weight excluding hydrogens is 587 g/mol. The lowest BCUT2D eigenvalue weighted by Crippen LogP contribution is -2.16. The van der Waals surface area contributed by atoms with Crippen LogP contribution in [-0.4, -0.2) is 0 Å². The quantitative estimate of drug-likeness (QED) is 0.185. The van der Waals surface area contributed by atoms with Gasteiger partial charge in [-0.15, -0.1) is 11.3 Å². The first-order valence-electron chi connectivity index (χ1n) is 16.6. The third-order valence-corrected chi connectivity index (χ3v) is 11.3. The molecule has 9 rings (SSSR count). The van der Waals surface area contributed by atoms with Gasteiger partial charge < -0.3 is 4.90 Å². The fourth-order valence-electron chi connectivity index (χ4n) is 7.73. The molecule has 2 aliphatic rings. The maximum atomic E-state index is 2.47. The Morgan fingerprint density at radius 3 is 1.87 bits per heavy atom. The number of anilines is 3. The van der Waals surface area contributed by atoms with Crippen molar-refractivity contribution in [1.82, 2.24) is 0 Å². The van der Waals surface area contributed by atoms with Crippen molar-refractivity contribution in [3.8, 4) is 33.4 Å². The van der Waals surface area contributed by atoms with E-state index in [0.717, 1.165) is 24.2 Å². The van der Waals surface area contributed by atoms with Crippen molar-refractivity contribution in [3.63, 3.8) is 0 Å². The van der Waals surface area contributed by atoms with E-state index >= 15 is 0 Å². The Hall–Kier alpha value is -5.18. The first kappa shape index (κ1) is 28.1. The zero-order valence-corrected chi connectivity index (χ0v) is 27.5. The Kier molecular flexibility index (Phi) is 6.55. The molecule has 0 amide bonds. The summed E-state index contributed by atoms with van der Waals surface area (Å²) in [7, 11) is 0. The zero-order valence-electron chi connectivity index (χ0n) is 26.7. The summed E-state index contributed by atoms with van der Waals surface area (Å²) in [6.45, 7) is 4.78. The summed E-state index contributed by atoms with van der Waals surface area (Å²) in [5, 5.41) is 1.38. The molecule has 2 heteroatoms. The number of fused-ring (bicyclic) bond motifs is 6. The number of hydrogen-bond acceptors (Lipinski definition) is 2. The highest BCUT2D eigenvalue weighted by Gasteiger charge is 2.36. The molecule has 1 heterocycles. The number of aryl methyl sites for hydroxylation is 1. The number of benzene rings is 6. The second-order valence-electron chi connectivity index (χ2n) is 13.3. The number of thiophene rings is 1. The van der Waals surface area contributed by atoms with Gasteiger partial charge in [0.05, 0.1) is 0 Å². The Morgan fingerprint density at radius 2 is 1.17 bits per heavy atom. The molecule has 0 radical (unpaired) electrons. The van der Waals surface area contributed by atoms with Gasteiger partial charge in [0, 0.05) is 37.4 Å². The van der Waals surface area contributed by atoms with Gasteiger partial charge in [0.15, 0.2) is 0 Å². The van der Waals surface area contributed by atoms with Gasteiger partial charge >= 0.3 is 0 Å². The molecule has 0 unspecified atom stereocenters. The lowest BCUT2D eigenvalue weighted by molar-refractivity contribution is 0.660. The summed E-state index contributed by atoms with van der Waals surface area (Å²) in [5.74, 6) is 0. The molecule has 2 aliphatic carbocycles. The maximum absolute atomic E-state index is 2.47. The summed E-state index contributed by atoms with van der Waals surface area (Å²) < 4.78 is 1.38. The standard InChI is InChI=1S/C45H35NS/c1-45(2)41-26-31(39-29-44-40(37-20-12-13-21-43(37)47-44)28-38(39)30-14-6-3-7-15-30)22-24-35(41)36-25-23-34(27-42(36)45)46(32-16-8-4-9-17-32)33-18-10-5-11-19-33/h3-12,14-20,22-29H,13,21H2,1-2H3. The lowest BCUT2D eigenvalue weighted by Gasteiger charge is -2.28. The Bertz CT molecular complexity index is 2270. The van der Waals surface area contributed by atoms with E-state index in [1.807, 2.05) is 11.3 Å². The highest BCUT2D eigenvalue weighted by atomic mass is 32.1. The van der Waals surface area contributed by atoms with Crippen LogP contribution in [0.2, 0.25) is 0 Å². The predicted molar refractivity (Wildman–Crippen MR) is 202 cm³/mol. The third kappa shape index (κ3) is 4.59. The van der Waals surface area contributed by atoms with E-state index in [1.165, 1.54) is 70.7 Å². The molecule has 0 aliphatic heterocycles. The van der Waals surface area contributed by atoms with Crippen LogP contribution < -0.4 is 4.90 Å². The summed E-state index contributed by atoms with van der Waals surface area (Å²) >= 11 is 1.97. The van der Waals surface area contributed by atoms with Gasteiger partial charge in [-0.2, -0.15) is 0 Å². The zero-order chi connectivity index (χ0) is 31.5. The van der Waals surface area contributed by atoms with Crippen molar-refractivity contribution in [2.45, 2.75) is 32.1 Å². The molecular formula is C45H35NS. The van der Waals surface area contributed by atoms with Crippen molar-refractivity contribution >= 4 is 44.6 Å². The number of rotatable bonds is 5. The van der Waals surface area contributed by atoms with Gasteiger partial charge in [-0.05, 0) is 118 Å². The fraction of sp³-hybridized carbons (Fsp3) is 0.111. The van der Waals surface area contributed by atoms with Gasteiger partial charge in [-0.3, -0.25) is 0 Å². The van der Waals surface area contributed by atoms with Crippen molar-refractivity contribution in [2.24, 2.45) is 0 Å². The number of nitrogens with zero attached hydrogens (tertiary/aromatic N) is 1. The van der Waals surface area contributed by atoms with Crippen LogP contribution in [0.4, 0.5) is 17.1 Å². The number of hydrogen-bond donors (Lipinski definition) is 0. The Morgan fingerprint density at radius 1 is 0.553 bits per heavy atom. The molecule has 7 aromatic rings. The SMILES string of the molecule is CC1(C)c2cc(-c3cc4sc5c(c4cc3-c3ccccc3)C=CCC5)ccc2-c2ccc(N(c3ccccc3)c3ccccc3)cc21. The van der Waals surface area contributed by atoms with Crippen LogP contribution in [0.25, 0.3) is 49.5 Å². The van der Waals surface area contributed by atoms with Crippen LogP contribution in [0.15, 0.2) is 146 Å². The van der Waals surface area contributed by atoms with Gasteiger partial charge in [0.25, 0.3) is 0 Å². The molecule has 0 bridgehead atoms. The summed E-state index contributed by atoms with van der Waals surface area (Å²) in [5.41, 5.74) is 15.3. The molecule has 0 saturated heterocycles. The highest BCUT2D eigenvalue weighted by Crippen LogP contribution is 2.52. The van der Waals surface area contributed by atoms with Crippen LogP contribution in [0, 0.1) is 0 Å². The average molecular weight is 622 g/mol. The molecule has 47 heavy (non-hydrogen) atoms. The number of para-hydroxylation sites is 2. The van der Waals surface area contributed by atoms with Crippen LogP contribution in [0.3, 0.4) is 0 Å². The van der Waals surface area contributed by atoms with Gasteiger partial charge in [-0.25, -0.2) is 0 Å². The molecule has 0 fully saturated rings. The minimum Gasteiger partial charge on any atom is -0.310 e. The van der Waals surface area contributed by atoms with Crippen LogP contribution in [-0.2, 0) is 11.8 Å². The summed E-state index contributed by atoms with van der Waals surface area (Å²) in [6.07, 6.45) is 6.94. The van der Waals surface area contributed by atoms with Crippen LogP contribution in [0.5, 0.6) is 0 Å². The van der Waals surface area contributed by atoms with E-state index in [2.05, 4.69) is 170 Å². The topological polar surface area (TPSA) is 3.24 Å². The summed E-state index contributed by atoms with van der Waals surface area (Å²) in [6, 6.07) is 51.4. The van der Waals surface area contributed by atoms with E-state index in [4.69, 9.17) is 0 Å². The van der Waals surface area contributed by atoms with Gasteiger partial charge in [0.2, 0.25) is 0 Å². The van der Waals surface area contributed by atoms with Crippen molar-refractivity contribution in [3.05, 3.63) is 167 Å². The second-order valence-corrected chi connectivity index (χ2v) is 14.4. The Balaban J connectivity index is 1.18. The predicted octanol–water partition coefficient (Wildman–Crippen LogP) is 13.0. The minimum atomic E-state index is -0.153. The normalized spacial score (nSPS) is 14.1. The molecule has 0 N–H and O–H groups in total. The molecule has 226 valence electrons. The van der Waals surface area contributed by atoms with Crippen molar-refractivity contribution in [1.29, 1.82) is 0 Å². The van der Waals surface area contributed by atoms with Crippen LogP contribution >= 0.6 is 11.3 Å². The monoisotopic (exact) mass is 621 g/mol. The summed E-state index contributed by atoms with van der Waals surface area (Å²) in [4.78, 5) is 3.88. The molecule has 0 atom stereocenters. The molecule has 1 nitrogen and oxygen atoms in total. The first-order chi connectivity index (χ1) is 23.1. The largest absolute Gasteiger partial charge is 0.310 e. The second kappa shape index (κ2) is 11.0. The highest BCUT2D eigenvalue weighted by molar-refractivity contribution is 7.19. The first-order valence-corrected chi connectivity index (χ1v) is 17.4. The van der Waals surface area contributed by atoms with Crippen LogP contribution in [0.1, 0.15) is 41.8 Å². The minimum absolute atomic E-state index is 0.153. The average Bonchev–Trinajstić information content (AvgIpc) is 3.60. The lowest BCUT2D eigenvalue weighted by atomic mass is 9.81. The fourth-order valence-corrected chi connectivity index (χ4v) is 8.95. The maximum Gasteiger partial charge on any atom is 0.0465 e. The van der Waals surface area contributed by atoms with Crippen molar-refractivity contribution < 1.29 is 0 Å². The third-order valence-electron chi connectivity index (χ3n) is 10.1. The Labute approximate surface area is 281 Å². The molecule has 6 aromatic carbocycles. The van der Waals surface area contributed by atoms with Crippen molar-refractivity contribution in [2.75, 3.05) is 4.90 Å². The smallest absolute Gasteiger partial charge is 0.0465 e. The van der Waals surface area contributed by atoms with E-state index in [0.29, 0.717) is 0 Å². The van der Waals surface area contributed by atoms with E-state index in [-0.39, 0.29) is 5.41 Å².